The number of likely N-dealkylation sites (N-methyl/N-ethyl adjacent to an activating group) is 1. The second-order valence-corrected chi connectivity index (χ2v) is 10.7. The van der Waals surface area contributed by atoms with Gasteiger partial charge in [0.1, 0.15) is 6.04 Å². The summed E-state index contributed by atoms with van der Waals surface area (Å²) in [5, 5.41) is 6.66. The van der Waals surface area contributed by atoms with Crippen LogP contribution in [-0.2, 0) is 19.1 Å². The Morgan fingerprint density at radius 3 is 2.06 bits per heavy atom. The molecule has 0 aliphatic heterocycles. The Bertz CT molecular complexity index is 722. The van der Waals surface area contributed by atoms with Crippen molar-refractivity contribution in [3.8, 4) is 0 Å². The Kier molecular flexibility index (Phi) is 13.0. The van der Waals surface area contributed by atoms with Crippen molar-refractivity contribution >= 4 is 17.8 Å². The first-order chi connectivity index (χ1) is 16.4. The summed E-state index contributed by atoms with van der Waals surface area (Å²) in [7, 11) is 1.78. The molecule has 1 aliphatic carbocycles. The van der Waals surface area contributed by atoms with Crippen molar-refractivity contribution in [2.75, 3.05) is 13.7 Å². The van der Waals surface area contributed by atoms with Gasteiger partial charge in [0, 0.05) is 18.7 Å². The molecule has 35 heavy (non-hydrogen) atoms. The summed E-state index contributed by atoms with van der Waals surface area (Å²) < 4.78 is 5.14. The predicted molar refractivity (Wildman–Crippen MR) is 142 cm³/mol. The van der Waals surface area contributed by atoms with Gasteiger partial charge in [-0.05, 0) is 65.2 Å². The van der Waals surface area contributed by atoms with Crippen molar-refractivity contribution in [1.82, 2.24) is 15.5 Å². The molecule has 0 aromatic rings. The summed E-state index contributed by atoms with van der Waals surface area (Å²) in [5.74, 6) is -0.373. The molecule has 202 valence electrons. The molecule has 0 heterocycles. The zero-order chi connectivity index (χ0) is 26.8. The number of hydrogen-bond acceptors (Lipinski definition) is 5. The molecule has 0 spiro atoms. The maximum Gasteiger partial charge on any atom is 0.333 e. The van der Waals surface area contributed by atoms with E-state index in [4.69, 9.17) is 4.74 Å². The molecule has 7 nitrogen and oxygen atoms in total. The lowest BCUT2D eigenvalue weighted by molar-refractivity contribution is -0.141. The van der Waals surface area contributed by atoms with Gasteiger partial charge in [-0.2, -0.15) is 0 Å². The van der Waals surface area contributed by atoms with Crippen molar-refractivity contribution in [2.45, 2.75) is 124 Å². The fraction of sp³-hybridized carbons (Fsp3) is 0.821. The van der Waals surface area contributed by atoms with Crippen LogP contribution in [0.5, 0.6) is 0 Å². The van der Waals surface area contributed by atoms with E-state index >= 15 is 0 Å². The van der Waals surface area contributed by atoms with Gasteiger partial charge < -0.3 is 20.3 Å². The van der Waals surface area contributed by atoms with Gasteiger partial charge >= 0.3 is 5.97 Å². The van der Waals surface area contributed by atoms with E-state index in [1.54, 1.807) is 25.8 Å². The van der Waals surface area contributed by atoms with Crippen LogP contribution in [-0.4, -0.2) is 60.0 Å². The highest BCUT2D eigenvalue weighted by Gasteiger charge is 2.41. The quantitative estimate of drug-likeness (QED) is 0.289. The Morgan fingerprint density at radius 2 is 1.60 bits per heavy atom. The highest BCUT2D eigenvalue weighted by atomic mass is 16.5. The molecule has 0 bridgehead atoms. The largest absolute Gasteiger partial charge is 0.463 e. The molecule has 0 aromatic carbocycles. The lowest BCUT2D eigenvalue weighted by Crippen LogP contribution is -2.63. The molecule has 0 aromatic heterocycles. The fourth-order valence-corrected chi connectivity index (χ4v) is 5.21. The third kappa shape index (κ3) is 8.62. The monoisotopic (exact) mass is 493 g/mol. The van der Waals surface area contributed by atoms with Crippen LogP contribution in [0.25, 0.3) is 0 Å². The smallest absolute Gasteiger partial charge is 0.333 e. The number of rotatable bonds is 13. The van der Waals surface area contributed by atoms with Crippen molar-refractivity contribution in [3.63, 3.8) is 0 Å². The Hall–Kier alpha value is -1.89. The number of carbonyl (C=O) groups excluding carboxylic acids is 3. The van der Waals surface area contributed by atoms with Gasteiger partial charge in [-0.3, -0.25) is 9.59 Å². The highest BCUT2D eigenvalue weighted by Crippen LogP contribution is 2.29. The molecule has 0 saturated heterocycles. The third-order valence-corrected chi connectivity index (χ3v) is 7.38. The molecule has 0 radical (unpaired) electrons. The molecular formula is C28H51N3O4. The molecule has 2 atom stereocenters. The van der Waals surface area contributed by atoms with E-state index in [1.165, 1.54) is 6.42 Å². The summed E-state index contributed by atoms with van der Waals surface area (Å²) in [5.41, 5.74) is -0.224. The molecular weight excluding hydrogens is 442 g/mol. The van der Waals surface area contributed by atoms with Crippen molar-refractivity contribution in [3.05, 3.63) is 11.6 Å². The summed E-state index contributed by atoms with van der Waals surface area (Å²) in [6.45, 7) is 16.0. The first-order valence-electron chi connectivity index (χ1n) is 13.6. The van der Waals surface area contributed by atoms with Gasteiger partial charge in [0.05, 0.1) is 18.2 Å². The molecule has 2 N–H and O–H groups in total. The van der Waals surface area contributed by atoms with Gasteiger partial charge in [0.25, 0.3) is 0 Å². The number of esters is 1. The average Bonchev–Trinajstić information content (AvgIpc) is 2.83. The van der Waals surface area contributed by atoms with E-state index in [0.717, 1.165) is 25.7 Å². The van der Waals surface area contributed by atoms with E-state index in [2.05, 4.69) is 10.6 Å². The van der Waals surface area contributed by atoms with Gasteiger partial charge in [0.15, 0.2) is 0 Å². The molecule has 2 amide bonds. The van der Waals surface area contributed by atoms with Crippen molar-refractivity contribution in [1.29, 1.82) is 0 Å². The first kappa shape index (κ1) is 31.1. The Labute approximate surface area is 213 Å². The van der Waals surface area contributed by atoms with Crippen LogP contribution in [0.15, 0.2) is 11.6 Å². The van der Waals surface area contributed by atoms with Crippen LogP contribution < -0.4 is 10.6 Å². The molecule has 2 unspecified atom stereocenters. The number of nitrogens with one attached hydrogen (secondary N) is 2. The summed E-state index contributed by atoms with van der Waals surface area (Å²) in [4.78, 5) is 41.6. The summed E-state index contributed by atoms with van der Waals surface area (Å²) in [6, 6.07) is -0.726. The van der Waals surface area contributed by atoms with Crippen LogP contribution in [0.3, 0.4) is 0 Å². The number of hydrogen-bond donors (Lipinski definition) is 2. The first-order valence-corrected chi connectivity index (χ1v) is 13.6. The second kappa shape index (κ2) is 14.6. The number of amides is 2. The van der Waals surface area contributed by atoms with E-state index in [1.807, 2.05) is 47.6 Å². The minimum absolute atomic E-state index is 0.0871. The van der Waals surface area contributed by atoms with Crippen molar-refractivity contribution in [2.24, 2.45) is 11.8 Å². The SMILES string of the molecule is CCOC(=O)/C(C)=C/C(C(C)C)N(C)C(=O)C(NC(=O)C(CC)(CC)NC(C)C)C1CCCCC1. The van der Waals surface area contributed by atoms with E-state index in [9.17, 15) is 14.4 Å². The van der Waals surface area contributed by atoms with Crippen LogP contribution in [0.4, 0.5) is 0 Å². The average molecular weight is 494 g/mol. The van der Waals surface area contributed by atoms with Gasteiger partial charge in [-0.1, -0.05) is 53.0 Å². The standard InChI is InChI=1S/C28H51N3O4/c1-10-28(11-2,30-20(6)7)27(34)29-24(22-16-14-13-15-17-22)25(32)31(9)23(19(4)5)18-21(8)26(33)35-12-3/h18-20,22-24,30H,10-17H2,1-9H3,(H,29,34)/b21-18+. The maximum atomic E-state index is 14.0. The van der Waals surface area contributed by atoms with E-state index in [0.29, 0.717) is 25.0 Å². The van der Waals surface area contributed by atoms with E-state index < -0.39 is 11.6 Å². The Balaban J connectivity index is 3.29. The zero-order valence-corrected chi connectivity index (χ0v) is 23.7. The predicted octanol–water partition coefficient (Wildman–Crippen LogP) is 4.60. The van der Waals surface area contributed by atoms with Gasteiger partial charge in [0.2, 0.25) is 11.8 Å². The number of carbonyl (C=O) groups is 3. The number of ether oxygens (including phenoxy) is 1. The maximum absolute atomic E-state index is 14.0. The van der Waals surface area contributed by atoms with Crippen LogP contribution in [0, 0.1) is 11.8 Å². The van der Waals surface area contributed by atoms with Crippen molar-refractivity contribution < 1.29 is 19.1 Å². The Morgan fingerprint density at radius 1 is 1.03 bits per heavy atom. The molecule has 1 saturated carbocycles. The van der Waals surface area contributed by atoms with Gasteiger partial charge in [-0.25, -0.2) is 4.79 Å². The highest BCUT2D eigenvalue weighted by molar-refractivity contribution is 5.93. The minimum atomic E-state index is -0.711. The molecule has 1 rings (SSSR count). The zero-order valence-electron chi connectivity index (χ0n) is 23.7. The van der Waals surface area contributed by atoms with Crippen LogP contribution in [0.1, 0.15) is 100 Å². The third-order valence-electron chi connectivity index (χ3n) is 7.38. The van der Waals surface area contributed by atoms with Crippen LogP contribution in [0.2, 0.25) is 0 Å². The normalized spacial score (nSPS) is 17.3. The van der Waals surface area contributed by atoms with Crippen LogP contribution >= 0.6 is 0 Å². The topological polar surface area (TPSA) is 87.7 Å². The summed E-state index contributed by atoms with van der Waals surface area (Å²) >= 11 is 0. The minimum Gasteiger partial charge on any atom is -0.463 e. The molecule has 1 aliphatic rings. The van der Waals surface area contributed by atoms with E-state index in [-0.39, 0.29) is 41.7 Å². The molecule has 1 fully saturated rings. The lowest BCUT2D eigenvalue weighted by atomic mass is 9.82. The summed E-state index contributed by atoms with van der Waals surface area (Å²) in [6.07, 6.45) is 8.27. The van der Waals surface area contributed by atoms with Gasteiger partial charge in [-0.15, -0.1) is 0 Å². The number of nitrogens with zero attached hydrogens (tertiary/aromatic N) is 1. The fourth-order valence-electron chi connectivity index (χ4n) is 5.21. The lowest BCUT2D eigenvalue weighted by Gasteiger charge is -2.39. The second-order valence-electron chi connectivity index (χ2n) is 10.7. The molecule has 7 heteroatoms.